The first-order valence-electron chi connectivity index (χ1n) is 9.20. The van der Waals surface area contributed by atoms with Crippen molar-refractivity contribution in [3.63, 3.8) is 0 Å². The largest absolute Gasteiger partial charge is 0.0998 e. The Kier molecular flexibility index (Phi) is 14.2. The molecule has 0 fully saturated rings. The highest BCUT2D eigenvalue weighted by Crippen LogP contribution is 2.22. The van der Waals surface area contributed by atoms with Crippen LogP contribution in [0.3, 0.4) is 0 Å². The molecule has 1 unspecified atom stereocenters. The summed E-state index contributed by atoms with van der Waals surface area (Å²) < 4.78 is 0. The number of hydrogen-bond donors (Lipinski definition) is 0. The molecule has 0 heteroatoms. The molecule has 0 aliphatic rings. The summed E-state index contributed by atoms with van der Waals surface area (Å²) in [6, 6.07) is 0. The molecule has 0 rings (SSSR count). The predicted octanol–water partition coefficient (Wildman–Crippen LogP) is 7.79. The fourth-order valence-corrected chi connectivity index (χ4v) is 2.69. The molecule has 0 saturated carbocycles. The standard InChI is InChI=1S/C22H38/c1-6-8-10-12-14-16-21(5)18-19-22(20(3)4)17-15-13-11-9-7-2/h7,9,11,18,22H,2-3,6,8,10,12-17,19H2,1,4-5H3. The van der Waals surface area contributed by atoms with Gasteiger partial charge in [0.05, 0.1) is 0 Å². The van der Waals surface area contributed by atoms with E-state index < -0.39 is 0 Å². The minimum atomic E-state index is 0.646. The molecule has 0 aliphatic heterocycles. The normalized spacial score (nSPS) is 13.5. The Bertz CT molecular complexity index is 343. The van der Waals surface area contributed by atoms with E-state index in [1.54, 1.807) is 5.57 Å². The summed E-state index contributed by atoms with van der Waals surface area (Å²) in [5.74, 6) is 0.646. The van der Waals surface area contributed by atoms with Gasteiger partial charge < -0.3 is 0 Å². The van der Waals surface area contributed by atoms with Crippen molar-refractivity contribution >= 4 is 0 Å². The fourth-order valence-electron chi connectivity index (χ4n) is 2.69. The van der Waals surface area contributed by atoms with E-state index in [1.807, 2.05) is 12.2 Å². The van der Waals surface area contributed by atoms with Crippen LogP contribution >= 0.6 is 0 Å². The molecule has 0 spiro atoms. The summed E-state index contributed by atoms with van der Waals surface area (Å²) in [5, 5.41) is 0. The van der Waals surface area contributed by atoms with Crippen LogP contribution in [0.25, 0.3) is 0 Å². The summed E-state index contributed by atoms with van der Waals surface area (Å²) in [6.45, 7) is 14.6. The van der Waals surface area contributed by atoms with Crippen molar-refractivity contribution in [2.45, 2.75) is 85.0 Å². The van der Waals surface area contributed by atoms with Gasteiger partial charge in [0.1, 0.15) is 0 Å². The van der Waals surface area contributed by atoms with Crippen LogP contribution in [0.2, 0.25) is 0 Å². The average Bonchev–Trinajstić information content (AvgIpc) is 2.49. The van der Waals surface area contributed by atoms with Crippen molar-refractivity contribution in [3.05, 3.63) is 48.6 Å². The SMILES string of the molecule is C=CC=CCCCC(CC=C(C)CCCCCCC)C(=C)C. The van der Waals surface area contributed by atoms with Gasteiger partial charge in [0.2, 0.25) is 0 Å². The molecule has 0 bridgehead atoms. The Hall–Kier alpha value is -1.04. The first-order chi connectivity index (χ1) is 10.6. The molecule has 0 aromatic heterocycles. The Morgan fingerprint density at radius 1 is 1.05 bits per heavy atom. The van der Waals surface area contributed by atoms with Crippen molar-refractivity contribution in [2.24, 2.45) is 5.92 Å². The van der Waals surface area contributed by atoms with Crippen LogP contribution in [-0.2, 0) is 0 Å². The molecule has 0 N–H and O–H groups in total. The second-order valence-electron chi connectivity index (χ2n) is 6.59. The van der Waals surface area contributed by atoms with E-state index in [2.05, 4.69) is 46.1 Å². The van der Waals surface area contributed by atoms with Crippen molar-refractivity contribution < 1.29 is 0 Å². The molecule has 0 nitrogen and oxygen atoms in total. The number of rotatable bonds is 14. The van der Waals surface area contributed by atoms with Crippen LogP contribution in [0.15, 0.2) is 48.6 Å². The predicted molar refractivity (Wildman–Crippen MR) is 103 cm³/mol. The quantitative estimate of drug-likeness (QED) is 0.174. The van der Waals surface area contributed by atoms with Gasteiger partial charge in [-0.25, -0.2) is 0 Å². The van der Waals surface area contributed by atoms with Gasteiger partial charge >= 0.3 is 0 Å². The van der Waals surface area contributed by atoms with Crippen molar-refractivity contribution in [1.82, 2.24) is 0 Å². The zero-order chi connectivity index (χ0) is 16.6. The van der Waals surface area contributed by atoms with Gasteiger partial charge in [-0.3, -0.25) is 0 Å². The Labute approximate surface area is 140 Å². The molecule has 0 aliphatic carbocycles. The molecule has 126 valence electrons. The molecule has 0 aromatic rings. The lowest BCUT2D eigenvalue weighted by Crippen LogP contribution is -2.00. The summed E-state index contributed by atoms with van der Waals surface area (Å²) >= 11 is 0. The molecular formula is C22H38. The van der Waals surface area contributed by atoms with Crippen LogP contribution < -0.4 is 0 Å². The second-order valence-corrected chi connectivity index (χ2v) is 6.59. The maximum absolute atomic E-state index is 4.18. The lowest BCUT2D eigenvalue weighted by Gasteiger charge is -2.15. The summed E-state index contributed by atoms with van der Waals surface area (Å²) in [5.41, 5.74) is 2.90. The van der Waals surface area contributed by atoms with Crippen LogP contribution in [0.1, 0.15) is 85.0 Å². The van der Waals surface area contributed by atoms with E-state index in [0.29, 0.717) is 5.92 Å². The van der Waals surface area contributed by atoms with Gasteiger partial charge in [-0.05, 0) is 58.3 Å². The van der Waals surface area contributed by atoms with Crippen LogP contribution in [-0.4, -0.2) is 0 Å². The minimum Gasteiger partial charge on any atom is -0.0998 e. The van der Waals surface area contributed by atoms with E-state index in [1.165, 1.54) is 63.4 Å². The van der Waals surface area contributed by atoms with Crippen LogP contribution in [0, 0.1) is 5.92 Å². The van der Waals surface area contributed by atoms with E-state index in [0.717, 1.165) is 6.42 Å². The molecular weight excluding hydrogens is 264 g/mol. The van der Waals surface area contributed by atoms with Gasteiger partial charge in [-0.15, -0.1) is 0 Å². The van der Waals surface area contributed by atoms with Gasteiger partial charge in [0.15, 0.2) is 0 Å². The third kappa shape index (κ3) is 12.7. The second kappa shape index (κ2) is 14.9. The Morgan fingerprint density at radius 2 is 1.77 bits per heavy atom. The molecule has 22 heavy (non-hydrogen) atoms. The monoisotopic (exact) mass is 302 g/mol. The third-order valence-corrected chi connectivity index (χ3v) is 4.32. The lowest BCUT2D eigenvalue weighted by atomic mass is 9.91. The van der Waals surface area contributed by atoms with E-state index in [4.69, 9.17) is 0 Å². The van der Waals surface area contributed by atoms with Crippen LogP contribution in [0.4, 0.5) is 0 Å². The summed E-state index contributed by atoms with van der Waals surface area (Å²) in [4.78, 5) is 0. The Balaban J connectivity index is 3.99. The molecule has 0 amide bonds. The first kappa shape index (κ1) is 21.0. The zero-order valence-corrected chi connectivity index (χ0v) is 15.4. The number of unbranched alkanes of at least 4 members (excludes halogenated alkanes) is 5. The van der Waals surface area contributed by atoms with Crippen LogP contribution in [0.5, 0.6) is 0 Å². The fraction of sp³-hybridized carbons (Fsp3) is 0.636. The van der Waals surface area contributed by atoms with E-state index >= 15 is 0 Å². The first-order valence-corrected chi connectivity index (χ1v) is 9.20. The van der Waals surface area contributed by atoms with E-state index in [9.17, 15) is 0 Å². The number of hydrogen-bond acceptors (Lipinski definition) is 0. The minimum absolute atomic E-state index is 0.646. The molecule has 0 heterocycles. The highest BCUT2D eigenvalue weighted by molar-refractivity contribution is 5.05. The smallest absolute Gasteiger partial charge is 0.0174 e. The van der Waals surface area contributed by atoms with E-state index in [-0.39, 0.29) is 0 Å². The third-order valence-electron chi connectivity index (χ3n) is 4.32. The average molecular weight is 303 g/mol. The molecule has 1 atom stereocenters. The molecule has 0 saturated heterocycles. The topological polar surface area (TPSA) is 0 Å². The number of allylic oxidation sites excluding steroid dienone is 6. The maximum Gasteiger partial charge on any atom is -0.0174 e. The Morgan fingerprint density at radius 3 is 2.41 bits per heavy atom. The molecule has 0 aromatic carbocycles. The van der Waals surface area contributed by atoms with Crippen molar-refractivity contribution in [1.29, 1.82) is 0 Å². The van der Waals surface area contributed by atoms with Gasteiger partial charge in [-0.1, -0.05) is 81.2 Å². The zero-order valence-electron chi connectivity index (χ0n) is 15.4. The lowest BCUT2D eigenvalue weighted by molar-refractivity contribution is 0.542. The maximum atomic E-state index is 4.18. The van der Waals surface area contributed by atoms with Gasteiger partial charge in [0, 0.05) is 0 Å². The van der Waals surface area contributed by atoms with Crippen molar-refractivity contribution in [2.75, 3.05) is 0 Å². The highest BCUT2D eigenvalue weighted by atomic mass is 14.1. The summed E-state index contributed by atoms with van der Waals surface area (Å²) in [6.07, 6.45) is 21.5. The van der Waals surface area contributed by atoms with Gasteiger partial charge in [-0.2, -0.15) is 0 Å². The molecule has 0 radical (unpaired) electrons. The summed E-state index contributed by atoms with van der Waals surface area (Å²) in [7, 11) is 0. The van der Waals surface area contributed by atoms with Crippen molar-refractivity contribution in [3.8, 4) is 0 Å². The van der Waals surface area contributed by atoms with Gasteiger partial charge in [0.25, 0.3) is 0 Å². The highest BCUT2D eigenvalue weighted by Gasteiger charge is 2.07.